The average Bonchev–Trinajstić information content (AvgIpc) is 2.28. The normalized spacial score (nSPS) is 14.7. The topological polar surface area (TPSA) is 84.5 Å². The van der Waals surface area contributed by atoms with E-state index in [1.54, 1.807) is 6.92 Å². The summed E-state index contributed by atoms with van der Waals surface area (Å²) in [7, 11) is -2.96. The summed E-state index contributed by atoms with van der Waals surface area (Å²) in [5.41, 5.74) is 5.72. The molecule has 1 atom stereocenters. The Bertz CT molecular complexity index is 364. The maximum Gasteiger partial charge on any atom is 0.188 e. The van der Waals surface area contributed by atoms with Gasteiger partial charge in [0, 0.05) is 11.8 Å². The van der Waals surface area contributed by atoms with Crippen molar-refractivity contribution in [3.05, 3.63) is 0 Å². The molecule has 5 nitrogen and oxygen atoms in total. The number of nitrogens with two attached hydrogens (primary N) is 1. The van der Waals surface area contributed by atoms with Crippen LogP contribution in [0.1, 0.15) is 47.0 Å². The zero-order valence-electron chi connectivity index (χ0n) is 12.6. The van der Waals surface area contributed by atoms with E-state index in [0.717, 1.165) is 18.8 Å². The minimum absolute atomic E-state index is 0.0631. The fraction of sp³-hybridized carbons (Fsp3) is 0.923. The summed E-state index contributed by atoms with van der Waals surface area (Å²) in [6, 6.07) is 0.269. The number of rotatable bonds is 9. The fourth-order valence-corrected chi connectivity index (χ4v) is 2.31. The predicted octanol–water partition coefficient (Wildman–Crippen LogP) is 1.54. The lowest BCUT2D eigenvalue weighted by Gasteiger charge is -2.15. The second-order valence-corrected chi connectivity index (χ2v) is 7.85. The molecule has 114 valence electrons. The summed E-state index contributed by atoms with van der Waals surface area (Å²) in [6.45, 7) is 8.35. The van der Waals surface area contributed by atoms with Crippen molar-refractivity contribution in [1.29, 1.82) is 0 Å². The van der Waals surface area contributed by atoms with E-state index < -0.39 is 9.84 Å². The molecule has 0 aromatic heterocycles. The van der Waals surface area contributed by atoms with Gasteiger partial charge in [0.15, 0.2) is 15.8 Å². The fourth-order valence-electron chi connectivity index (χ4n) is 1.65. The van der Waals surface area contributed by atoms with Crippen molar-refractivity contribution in [1.82, 2.24) is 5.32 Å². The van der Waals surface area contributed by atoms with Gasteiger partial charge in [0.1, 0.15) is 0 Å². The third-order valence-corrected chi connectivity index (χ3v) is 4.62. The Morgan fingerprint density at radius 1 is 1.26 bits per heavy atom. The van der Waals surface area contributed by atoms with Crippen LogP contribution in [0.2, 0.25) is 0 Å². The second-order valence-electron chi connectivity index (χ2n) is 5.37. The minimum atomic E-state index is -2.96. The zero-order valence-corrected chi connectivity index (χ0v) is 13.5. The molecule has 0 aliphatic rings. The van der Waals surface area contributed by atoms with Gasteiger partial charge in [-0.3, -0.25) is 4.99 Å². The Kier molecular flexibility index (Phi) is 8.80. The van der Waals surface area contributed by atoms with Crippen molar-refractivity contribution in [2.75, 3.05) is 18.1 Å². The van der Waals surface area contributed by atoms with Crippen LogP contribution in [0.25, 0.3) is 0 Å². The highest BCUT2D eigenvalue weighted by Crippen LogP contribution is 2.07. The van der Waals surface area contributed by atoms with Gasteiger partial charge in [0.25, 0.3) is 0 Å². The van der Waals surface area contributed by atoms with E-state index in [1.807, 2.05) is 0 Å². The molecule has 1 unspecified atom stereocenters. The molecule has 0 bridgehead atoms. The molecule has 19 heavy (non-hydrogen) atoms. The van der Waals surface area contributed by atoms with Crippen molar-refractivity contribution in [3.63, 3.8) is 0 Å². The lowest BCUT2D eigenvalue weighted by Crippen LogP contribution is -2.38. The van der Waals surface area contributed by atoms with Gasteiger partial charge in [0.2, 0.25) is 0 Å². The molecule has 0 aromatic carbocycles. The number of aliphatic imine (C=N–C) groups is 1. The standard InChI is InChI=1S/C13H29N3O2S/c1-5-19(17,18)10-9-15-13(14)16-12(4)8-6-7-11(2)3/h11-12H,5-10H2,1-4H3,(H3,14,15,16). The first-order chi connectivity index (χ1) is 8.76. The molecule has 0 saturated heterocycles. The SMILES string of the molecule is CCS(=O)(=O)CCN=C(N)NC(C)CCCC(C)C. The summed E-state index contributed by atoms with van der Waals surface area (Å²) in [5.74, 6) is 1.27. The van der Waals surface area contributed by atoms with E-state index >= 15 is 0 Å². The number of hydrogen-bond acceptors (Lipinski definition) is 3. The molecule has 0 heterocycles. The summed E-state index contributed by atoms with van der Waals surface area (Å²) < 4.78 is 22.6. The summed E-state index contributed by atoms with van der Waals surface area (Å²) >= 11 is 0. The van der Waals surface area contributed by atoms with Crippen LogP contribution >= 0.6 is 0 Å². The van der Waals surface area contributed by atoms with Crippen molar-refractivity contribution in [2.24, 2.45) is 16.6 Å². The maximum atomic E-state index is 11.3. The first kappa shape index (κ1) is 18.2. The van der Waals surface area contributed by atoms with E-state index in [2.05, 4.69) is 31.1 Å². The van der Waals surface area contributed by atoms with Crippen LogP contribution in [0.4, 0.5) is 0 Å². The van der Waals surface area contributed by atoms with Gasteiger partial charge in [0.05, 0.1) is 12.3 Å². The Morgan fingerprint density at radius 3 is 2.42 bits per heavy atom. The molecule has 0 radical (unpaired) electrons. The van der Waals surface area contributed by atoms with Gasteiger partial charge in [-0.05, 0) is 19.3 Å². The van der Waals surface area contributed by atoms with Gasteiger partial charge in [-0.25, -0.2) is 8.42 Å². The molecule has 0 saturated carbocycles. The van der Waals surface area contributed by atoms with Crippen LogP contribution in [0.15, 0.2) is 4.99 Å². The molecule has 6 heteroatoms. The van der Waals surface area contributed by atoms with E-state index in [4.69, 9.17) is 5.73 Å². The first-order valence-corrected chi connectivity index (χ1v) is 8.85. The monoisotopic (exact) mass is 291 g/mol. The number of sulfone groups is 1. The van der Waals surface area contributed by atoms with Crippen molar-refractivity contribution < 1.29 is 8.42 Å². The summed E-state index contributed by atoms with van der Waals surface area (Å²) in [6.07, 6.45) is 3.41. The Hall–Kier alpha value is -0.780. The van der Waals surface area contributed by atoms with Crippen LogP contribution < -0.4 is 11.1 Å². The number of guanidine groups is 1. The third-order valence-electron chi connectivity index (χ3n) is 2.94. The third kappa shape index (κ3) is 10.8. The van der Waals surface area contributed by atoms with Crippen LogP contribution in [0.5, 0.6) is 0 Å². The van der Waals surface area contributed by atoms with Crippen LogP contribution in [0.3, 0.4) is 0 Å². The number of hydrogen-bond donors (Lipinski definition) is 2. The molecule has 0 aliphatic heterocycles. The van der Waals surface area contributed by atoms with Crippen LogP contribution in [-0.2, 0) is 9.84 Å². The number of nitrogens with one attached hydrogen (secondary N) is 1. The van der Waals surface area contributed by atoms with Crippen LogP contribution in [0, 0.1) is 5.92 Å². The van der Waals surface area contributed by atoms with Gasteiger partial charge in [-0.2, -0.15) is 0 Å². The van der Waals surface area contributed by atoms with Crippen LogP contribution in [-0.4, -0.2) is 38.5 Å². The molecule has 0 aliphatic carbocycles. The molecule has 0 spiro atoms. The molecule has 0 fully saturated rings. The maximum absolute atomic E-state index is 11.3. The quantitative estimate of drug-likeness (QED) is 0.498. The molecule has 0 aromatic rings. The highest BCUT2D eigenvalue weighted by Gasteiger charge is 2.07. The van der Waals surface area contributed by atoms with E-state index in [1.165, 1.54) is 6.42 Å². The average molecular weight is 291 g/mol. The Labute approximate surface area is 118 Å². The van der Waals surface area contributed by atoms with Gasteiger partial charge in [-0.15, -0.1) is 0 Å². The van der Waals surface area contributed by atoms with Crippen molar-refractivity contribution in [3.8, 4) is 0 Å². The molecular weight excluding hydrogens is 262 g/mol. The zero-order chi connectivity index (χ0) is 14.9. The molecule has 3 N–H and O–H groups in total. The smallest absolute Gasteiger partial charge is 0.188 e. The van der Waals surface area contributed by atoms with Gasteiger partial charge < -0.3 is 11.1 Å². The summed E-state index contributed by atoms with van der Waals surface area (Å²) in [4.78, 5) is 4.04. The van der Waals surface area contributed by atoms with Crippen molar-refractivity contribution in [2.45, 2.75) is 53.0 Å². The predicted molar refractivity (Wildman–Crippen MR) is 82.1 cm³/mol. The highest BCUT2D eigenvalue weighted by atomic mass is 32.2. The van der Waals surface area contributed by atoms with Crippen molar-refractivity contribution >= 4 is 15.8 Å². The van der Waals surface area contributed by atoms with Gasteiger partial charge >= 0.3 is 0 Å². The van der Waals surface area contributed by atoms with E-state index in [-0.39, 0.29) is 24.1 Å². The summed E-state index contributed by atoms with van der Waals surface area (Å²) in [5, 5.41) is 3.09. The molecule has 0 amide bonds. The lowest BCUT2D eigenvalue weighted by molar-refractivity contribution is 0.493. The largest absolute Gasteiger partial charge is 0.370 e. The second kappa shape index (κ2) is 9.18. The Balaban J connectivity index is 3.91. The van der Waals surface area contributed by atoms with E-state index in [9.17, 15) is 8.42 Å². The van der Waals surface area contributed by atoms with Gasteiger partial charge in [-0.1, -0.05) is 33.6 Å². The first-order valence-electron chi connectivity index (χ1n) is 7.03. The highest BCUT2D eigenvalue weighted by molar-refractivity contribution is 7.91. The molecule has 0 rings (SSSR count). The minimum Gasteiger partial charge on any atom is -0.370 e. The molecular formula is C13H29N3O2S. The Morgan fingerprint density at radius 2 is 1.89 bits per heavy atom. The van der Waals surface area contributed by atoms with E-state index in [0.29, 0.717) is 5.96 Å². The number of nitrogens with zero attached hydrogens (tertiary/aromatic N) is 1. The lowest BCUT2D eigenvalue weighted by atomic mass is 10.0.